The number of nitrogens with two attached hydrogens (primary N) is 1. The highest BCUT2D eigenvalue weighted by atomic mass is 35.5. The first-order chi connectivity index (χ1) is 33.0. The topological polar surface area (TPSA) is 133 Å². The van der Waals surface area contributed by atoms with Crippen molar-refractivity contribution in [2.24, 2.45) is 5.41 Å². The lowest BCUT2D eigenvalue weighted by molar-refractivity contribution is -0.135. The van der Waals surface area contributed by atoms with Crippen LogP contribution in [0.5, 0.6) is 5.75 Å². The van der Waals surface area contributed by atoms with Crippen LogP contribution in [0.15, 0.2) is 60.9 Å². The van der Waals surface area contributed by atoms with Crippen LogP contribution in [0.3, 0.4) is 0 Å². The molecule has 3 unspecified atom stereocenters. The number of nitrogens with zero attached hydrogens (tertiary/aromatic N) is 5. The van der Waals surface area contributed by atoms with Crippen molar-refractivity contribution in [3.8, 4) is 17.9 Å². The Hall–Kier alpha value is -3.89. The van der Waals surface area contributed by atoms with Gasteiger partial charge in [0.2, 0.25) is 0 Å². The SMILES string of the molecule is CC(C)(C)O.CCc1ccc(C#N)cc1CC.N#CC1(CCP(CCCCCCCCCCCCCCCCCCCCC(F)(F)F)Oc2ccccc2Cl)CCC(c2ccc3c(N)ncnn23)C1. The molecule has 0 spiro atoms. The van der Waals surface area contributed by atoms with E-state index in [4.69, 9.17) is 32.2 Å². The third kappa shape index (κ3) is 24.2. The Morgan fingerprint density at radius 3 is 1.87 bits per heavy atom. The number of hydrogen-bond acceptors (Lipinski definition) is 7. The zero-order chi connectivity index (χ0) is 50.5. The molecule has 0 aliphatic heterocycles. The summed E-state index contributed by atoms with van der Waals surface area (Å²) in [5.41, 5.74) is 10.6. The number of aliphatic hydroxyl groups is 1. The molecule has 0 amide bonds. The van der Waals surface area contributed by atoms with Gasteiger partial charge in [-0.2, -0.15) is 28.8 Å². The van der Waals surface area contributed by atoms with Gasteiger partial charge in [0.05, 0.1) is 41.9 Å². The number of halogens is 4. The second-order valence-electron chi connectivity index (χ2n) is 19.9. The molecule has 3 atom stereocenters. The fraction of sp³-hybridized carbons (Fsp3) is 0.643. The van der Waals surface area contributed by atoms with Crippen molar-refractivity contribution in [3.05, 3.63) is 88.3 Å². The number of fused-ring (bicyclic) bond motifs is 1. The summed E-state index contributed by atoms with van der Waals surface area (Å²) in [5.74, 6) is 1.48. The minimum atomic E-state index is -4.00. The maximum absolute atomic E-state index is 12.2. The highest BCUT2D eigenvalue weighted by Gasteiger charge is 2.41. The Balaban J connectivity index is 0.000000623. The molecule has 1 saturated carbocycles. The Morgan fingerprint density at radius 2 is 1.35 bits per heavy atom. The first-order valence-electron chi connectivity index (χ1n) is 26.0. The number of unbranched alkanes of at least 4 members (excludes halogenated alkanes) is 17. The van der Waals surface area contributed by atoms with E-state index in [2.05, 4.69) is 48.2 Å². The average Bonchev–Trinajstić information content (AvgIpc) is 3.95. The number of nitrogen functional groups attached to an aromatic ring is 1. The van der Waals surface area contributed by atoms with Gasteiger partial charge >= 0.3 is 6.18 Å². The van der Waals surface area contributed by atoms with Gasteiger partial charge in [-0.15, -0.1) is 0 Å². The Labute approximate surface area is 419 Å². The first kappa shape index (κ1) is 59.4. The molecule has 8 nitrogen and oxygen atoms in total. The Kier molecular flexibility index (Phi) is 27.7. The van der Waals surface area contributed by atoms with Crippen LogP contribution in [-0.4, -0.2) is 43.8 Å². The van der Waals surface area contributed by atoms with E-state index < -0.39 is 26.3 Å². The number of aryl methyl sites for hydroxylation is 2. The van der Waals surface area contributed by atoms with Crippen molar-refractivity contribution >= 4 is 31.1 Å². The summed E-state index contributed by atoms with van der Waals surface area (Å²) in [5, 5.41) is 32.7. The van der Waals surface area contributed by atoms with E-state index in [0.717, 1.165) is 99.1 Å². The first-order valence-corrected chi connectivity index (χ1v) is 28.0. The number of benzene rings is 2. The van der Waals surface area contributed by atoms with Gasteiger partial charge in [0.25, 0.3) is 0 Å². The normalized spacial score (nSPS) is 16.2. The lowest BCUT2D eigenvalue weighted by Crippen LogP contribution is -2.17. The fourth-order valence-electron chi connectivity index (χ4n) is 9.06. The van der Waals surface area contributed by atoms with Crippen LogP contribution in [-0.2, 0) is 12.8 Å². The summed E-state index contributed by atoms with van der Waals surface area (Å²) in [6, 6.07) is 22.6. The van der Waals surface area contributed by atoms with Gasteiger partial charge in [0.15, 0.2) is 5.82 Å². The molecule has 5 rings (SSSR count). The highest BCUT2D eigenvalue weighted by molar-refractivity contribution is 7.52. The molecule has 4 aromatic rings. The molecule has 13 heteroatoms. The fourth-order valence-corrected chi connectivity index (χ4v) is 11.4. The number of rotatable bonds is 28. The van der Waals surface area contributed by atoms with Crippen molar-refractivity contribution in [3.63, 3.8) is 0 Å². The van der Waals surface area contributed by atoms with Crippen molar-refractivity contribution in [2.45, 2.75) is 213 Å². The van der Waals surface area contributed by atoms with E-state index in [9.17, 15) is 18.4 Å². The van der Waals surface area contributed by atoms with E-state index in [1.807, 2.05) is 47.0 Å². The van der Waals surface area contributed by atoms with E-state index in [1.54, 1.807) is 20.8 Å². The summed E-state index contributed by atoms with van der Waals surface area (Å²) < 4.78 is 45.0. The van der Waals surface area contributed by atoms with Gasteiger partial charge in [-0.1, -0.05) is 146 Å². The van der Waals surface area contributed by atoms with Gasteiger partial charge < -0.3 is 15.4 Å². The Bertz CT molecular complexity index is 2120. The van der Waals surface area contributed by atoms with Gasteiger partial charge in [0.1, 0.15) is 17.6 Å². The predicted molar refractivity (Wildman–Crippen MR) is 281 cm³/mol. The van der Waals surface area contributed by atoms with Crippen molar-refractivity contribution < 1.29 is 22.8 Å². The molecular weight excluding hydrogens is 912 g/mol. The lowest BCUT2D eigenvalue weighted by Gasteiger charge is -2.25. The number of alkyl halides is 3. The number of hydrogen-bond donors (Lipinski definition) is 2. The standard InChI is InChI=1S/C41H60ClF3N5OP.C11H13N.C4H10O/c42-35-21-17-18-22-38(35)51-52(30-28-40(32-46)27-25-34(31-40)36-23-24-37-39(47)48-33-49-50(36)37)29-20-16-14-12-10-8-6-4-2-1-3-5-7-9-11-13-15-19-26-41(43,44)45;1-3-10-6-5-9(8-12)7-11(10)4-2;1-4(2,3)5/h17-18,21-24,33-34H,1-16,19-20,25-31H2,(H2,47,48,49);5-7H,3-4H2,1-2H3;5H,1-3H3. The minimum absolute atomic E-state index is 0.260. The maximum Gasteiger partial charge on any atom is 0.389 e. The molecule has 1 fully saturated rings. The van der Waals surface area contributed by atoms with Gasteiger partial charge in [0, 0.05) is 30.4 Å². The quantitative estimate of drug-likeness (QED) is 0.0428. The second-order valence-corrected chi connectivity index (χ2v) is 22.4. The van der Waals surface area contributed by atoms with Crippen molar-refractivity contribution in [1.82, 2.24) is 14.6 Å². The predicted octanol–water partition coefficient (Wildman–Crippen LogP) is 17.0. The molecule has 2 aromatic carbocycles. The lowest BCUT2D eigenvalue weighted by atomic mass is 9.84. The van der Waals surface area contributed by atoms with E-state index in [1.165, 1.54) is 94.5 Å². The van der Waals surface area contributed by atoms with Crippen LogP contribution in [0.2, 0.25) is 5.02 Å². The number of nitriles is 2. The van der Waals surface area contributed by atoms with Crippen molar-refractivity contribution in [1.29, 1.82) is 10.5 Å². The maximum atomic E-state index is 12.2. The smallest absolute Gasteiger partial charge is 0.389 e. The van der Waals surface area contributed by atoms with E-state index >= 15 is 0 Å². The molecule has 2 aromatic heterocycles. The molecule has 2 heterocycles. The molecule has 1 aliphatic rings. The van der Waals surface area contributed by atoms with Crippen LogP contribution < -0.4 is 10.3 Å². The largest absolute Gasteiger partial charge is 0.473 e. The monoisotopic (exact) mass is 995 g/mol. The van der Waals surface area contributed by atoms with Crippen LogP contribution in [0.1, 0.15) is 211 Å². The Morgan fingerprint density at radius 1 is 0.797 bits per heavy atom. The average molecular weight is 996 g/mol. The summed E-state index contributed by atoms with van der Waals surface area (Å²) in [7, 11) is -0.760. The van der Waals surface area contributed by atoms with Gasteiger partial charge in [-0.25, -0.2) is 9.50 Å². The van der Waals surface area contributed by atoms with Crippen LogP contribution in [0.4, 0.5) is 19.0 Å². The molecule has 382 valence electrons. The summed E-state index contributed by atoms with van der Waals surface area (Å²) in [6.45, 7) is 9.49. The minimum Gasteiger partial charge on any atom is -0.473 e. The number of para-hydroxylation sites is 1. The van der Waals surface area contributed by atoms with E-state index in [-0.39, 0.29) is 17.8 Å². The number of aromatic nitrogens is 3. The molecule has 1 aliphatic carbocycles. The van der Waals surface area contributed by atoms with Crippen LogP contribution in [0, 0.1) is 28.1 Å². The second kappa shape index (κ2) is 32.2. The molecule has 0 bridgehead atoms. The molecular formula is C56H83ClF3N6O2P. The molecule has 0 saturated heterocycles. The van der Waals surface area contributed by atoms with Crippen molar-refractivity contribution in [2.75, 3.05) is 18.1 Å². The zero-order valence-corrected chi connectivity index (χ0v) is 44.2. The summed E-state index contributed by atoms with van der Waals surface area (Å²) in [4.78, 5) is 4.12. The number of anilines is 1. The summed E-state index contributed by atoms with van der Waals surface area (Å²) >= 11 is 6.50. The molecule has 69 heavy (non-hydrogen) atoms. The highest BCUT2D eigenvalue weighted by Crippen LogP contribution is 2.52. The van der Waals surface area contributed by atoms with E-state index in [0.29, 0.717) is 17.3 Å². The molecule has 0 radical (unpaired) electrons. The molecule has 3 N–H and O–H groups in total. The van der Waals surface area contributed by atoms with Crippen LogP contribution >= 0.6 is 19.7 Å². The van der Waals surface area contributed by atoms with Gasteiger partial charge in [-0.05, 0) is 120 Å². The zero-order valence-electron chi connectivity index (χ0n) is 42.6. The summed E-state index contributed by atoms with van der Waals surface area (Å²) in [6.07, 6.45) is 24.9. The van der Waals surface area contributed by atoms with Gasteiger partial charge in [-0.3, -0.25) is 0 Å². The third-order valence-corrected chi connectivity index (χ3v) is 15.2. The van der Waals surface area contributed by atoms with Crippen LogP contribution in [0.25, 0.3) is 5.52 Å². The third-order valence-electron chi connectivity index (χ3n) is 12.9.